The van der Waals surface area contributed by atoms with Gasteiger partial charge in [0.05, 0.1) is 12.6 Å². The zero-order valence-electron chi connectivity index (χ0n) is 20.2. The van der Waals surface area contributed by atoms with Gasteiger partial charge >= 0.3 is 5.97 Å². The van der Waals surface area contributed by atoms with Gasteiger partial charge in [-0.3, -0.25) is 0 Å². The van der Waals surface area contributed by atoms with Gasteiger partial charge in [-0.25, -0.2) is 14.8 Å². The molecule has 0 fully saturated rings. The van der Waals surface area contributed by atoms with Crippen molar-refractivity contribution in [1.82, 2.24) is 15.3 Å². The van der Waals surface area contributed by atoms with Crippen molar-refractivity contribution >= 4 is 22.7 Å². The Morgan fingerprint density at radius 2 is 1.63 bits per heavy atom. The minimum atomic E-state index is -0.432. The summed E-state index contributed by atoms with van der Waals surface area (Å²) in [5.41, 5.74) is 0.874. The number of carbonyl (C=O) groups is 1. The molecule has 0 aliphatic carbocycles. The second-order valence-electron chi connectivity index (χ2n) is 7.00. The molecular weight excluding hydrogens is 376 g/mol. The lowest BCUT2D eigenvalue weighted by Gasteiger charge is -2.21. The van der Waals surface area contributed by atoms with Crippen LogP contribution < -0.4 is 10.6 Å². The van der Waals surface area contributed by atoms with Gasteiger partial charge in [0.15, 0.2) is 0 Å². The Morgan fingerprint density at radius 1 is 1.03 bits per heavy atom. The van der Waals surface area contributed by atoms with Gasteiger partial charge in [-0.15, -0.1) is 0 Å². The molecule has 1 aromatic carbocycles. The molecule has 1 unspecified atom stereocenters. The van der Waals surface area contributed by atoms with E-state index in [4.69, 9.17) is 4.74 Å². The number of esters is 1. The SMILES string of the molecule is CC.CCCNCCC.CCc1nc(NC(C(=O)OC)C(C)C)c2ccccc2n1. The highest BCUT2D eigenvalue weighted by atomic mass is 16.5. The van der Waals surface area contributed by atoms with Crippen LogP contribution in [0.25, 0.3) is 10.9 Å². The highest BCUT2D eigenvalue weighted by Crippen LogP contribution is 2.22. The summed E-state index contributed by atoms with van der Waals surface area (Å²) in [6, 6.07) is 7.34. The molecule has 1 atom stereocenters. The van der Waals surface area contributed by atoms with Gasteiger partial charge < -0.3 is 15.4 Å². The van der Waals surface area contributed by atoms with Gasteiger partial charge in [0.25, 0.3) is 0 Å². The van der Waals surface area contributed by atoms with Crippen molar-refractivity contribution in [3.05, 3.63) is 30.1 Å². The van der Waals surface area contributed by atoms with E-state index in [1.807, 2.05) is 58.9 Å². The Morgan fingerprint density at radius 3 is 2.13 bits per heavy atom. The topological polar surface area (TPSA) is 76.1 Å². The standard InChI is InChI=1S/C16H21N3O2.C6H15N.C2H6/c1-5-13-17-12-9-7-6-8-11(12)15(18-13)19-14(10(2)3)16(20)21-4;1-3-5-7-6-4-2;1-2/h6-10,14H,5H2,1-4H3,(H,17,18,19);7H,3-6H2,1-2H3;1-2H3. The number of para-hydroxylation sites is 1. The predicted octanol–water partition coefficient (Wildman–Crippen LogP) is 5.22. The zero-order valence-corrected chi connectivity index (χ0v) is 20.2. The van der Waals surface area contributed by atoms with Crippen LogP contribution in [0.4, 0.5) is 5.82 Å². The number of rotatable bonds is 9. The number of nitrogens with one attached hydrogen (secondary N) is 2. The van der Waals surface area contributed by atoms with Gasteiger partial charge in [0.1, 0.15) is 17.7 Å². The average molecular weight is 419 g/mol. The van der Waals surface area contributed by atoms with E-state index < -0.39 is 6.04 Å². The highest BCUT2D eigenvalue weighted by molar-refractivity contribution is 5.91. The van der Waals surface area contributed by atoms with Gasteiger partial charge in [-0.1, -0.05) is 60.6 Å². The van der Waals surface area contributed by atoms with E-state index >= 15 is 0 Å². The Labute approximate surface area is 183 Å². The minimum absolute atomic E-state index is 0.0938. The molecule has 0 aliphatic rings. The third-order valence-corrected chi connectivity index (χ3v) is 4.23. The van der Waals surface area contributed by atoms with Gasteiger partial charge in [0, 0.05) is 11.8 Å². The number of carbonyl (C=O) groups excluding carboxylic acids is 1. The van der Waals surface area contributed by atoms with Gasteiger partial charge in [0.2, 0.25) is 0 Å². The summed E-state index contributed by atoms with van der Waals surface area (Å²) in [5.74, 6) is 1.24. The first-order chi connectivity index (χ1) is 14.5. The maximum Gasteiger partial charge on any atom is 0.328 e. The smallest absolute Gasteiger partial charge is 0.328 e. The largest absolute Gasteiger partial charge is 0.467 e. The second kappa shape index (κ2) is 16.6. The van der Waals surface area contributed by atoms with E-state index in [9.17, 15) is 4.79 Å². The molecule has 0 saturated carbocycles. The minimum Gasteiger partial charge on any atom is -0.467 e. The molecule has 0 saturated heterocycles. The van der Waals surface area contributed by atoms with Crippen LogP contribution in [0.5, 0.6) is 0 Å². The first-order valence-electron chi connectivity index (χ1n) is 11.3. The fraction of sp³-hybridized carbons (Fsp3) is 0.625. The van der Waals surface area contributed by atoms with E-state index in [1.165, 1.54) is 33.0 Å². The lowest BCUT2D eigenvalue weighted by molar-refractivity contribution is -0.142. The third-order valence-electron chi connectivity index (χ3n) is 4.23. The van der Waals surface area contributed by atoms with Crippen LogP contribution in [-0.4, -0.2) is 42.2 Å². The Balaban J connectivity index is 0.000000795. The quantitative estimate of drug-likeness (QED) is 0.429. The molecule has 0 radical (unpaired) electrons. The van der Waals surface area contributed by atoms with Crippen LogP contribution in [0, 0.1) is 5.92 Å². The number of methoxy groups -OCH3 is 1. The number of aryl methyl sites for hydroxylation is 1. The molecule has 6 nitrogen and oxygen atoms in total. The van der Waals surface area contributed by atoms with E-state index in [1.54, 1.807) is 0 Å². The maximum atomic E-state index is 11.9. The molecule has 1 aromatic heterocycles. The van der Waals surface area contributed by atoms with Crippen molar-refractivity contribution in [3.8, 4) is 0 Å². The van der Waals surface area contributed by atoms with Gasteiger partial charge in [-0.2, -0.15) is 0 Å². The number of hydrogen-bond donors (Lipinski definition) is 2. The Bertz CT molecular complexity index is 715. The molecule has 2 rings (SSSR count). The van der Waals surface area contributed by atoms with Crippen LogP contribution in [-0.2, 0) is 16.0 Å². The lowest BCUT2D eigenvalue weighted by atomic mass is 10.0. The summed E-state index contributed by atoms with van der Waals surface area (Å²) in [6.07, 6.45) is 3.24. The molecule has 2 N–H and O–H groups in total. The van der Waals surface area contributed by atoms with Gasteiger partial charge in [-0.05, 0) is 44.0 Å². The van der Waals surface area contributed by atoms with E-state index in [0.717, 1.165) is 23.1 Å². The molecule has 0 spiro atoms. The molecule has 6 heteroatoms. The molecule has 2 aromatic rings. The van der Waals surface area contributed by atoms with Crippen molar-refractivity contribution in [3.63, 3.8) is 0 Å². The fourth-order valence-electron chi connectivity index (χ4n) is 2.64. The Kier molecular flexibility index (Phi) is 15.4. The lowest BCUT2D eigenvalue weighted by Crippen LogP contribution is -2.36. The number of benzene rings is 1. The molecule has 1 heterocycles. The molecule has 30 heavy (non-hydrogen) atoms. The van der Waals surface area contributed by atoms with Crippen LogP contribution in [0.3, 0.4) is 0 Å². The number of aromatic nitrogens is 2. The summed E-state index contributed by atoms with van der Waals surface area (Å²) < 4.78 is 4.87. The number of hydrogen-bond acceptors (Lipinski definition) is 6. The first kappa shape index (κ1) is 27.8. The number of ether oxygens (including phenoxy) is 1. The van der Waals surface area contributed by atoms with Crippen molar-refractivity contribution in [2.24, 2.45) is 5.92 Å². The summed E-state index contributed by atoms with van der Waals surface area (Å²) in [6.45, 7) is 16.7. The van der Waals surface area contributed by atoms with E-state index in [0.29, 0.717) is 5.82 Å². The monoisotopic (exact) mass is 418 g/mol. The summed E-state index contributed by atoms with van der Waals surface area (Å²) in [5, 5.41) is 7.41. The van der Waals surface area contributed by atoms with Crippen molar-refractivity contribution in [2.75, 3.05) is 25.5 Å². The van der Waals surface area contributed by atoms with Crippen molar-refractivity contribution < 1.29 is 9.53 Å². The summed E-state index contributed by atoms with van der Waals surface area (Å²) >= 11 is 0. The molecular formula is C24H42N4O2. The maximum absolute atomic E-state index is 11.9. The number of fused-ring (bicyclic) bond motifs is 1. The Hall–Kier alpha value is -2.21. The fourth-order valence-corrected chi connectivity index (χ4v) is 2.64. The normalized spacial score (nSPS) is 11.1. The molecule has 0 bridgehead atoms. The van der Waals surface area contributed by atoms with E-state index in [-0.39, 0.29) is 11.9 Å². The zero-order chi connectivity index (χ0) is 22.9. The predicted molar refractivity (Wildman–Crippen MR) is 128 cm³/mol. The van der Waals surface area contributed by atoms with Crippen LogP contribution in [0.2, 0.25) is 0 Å². The number of nitrogens with zero attached hydrogens (tertiary/aromatic N) is 2. The summed E-state index contributed by atoms with van der Waals surface area (Å²) in [4.78, 5) is 21.0. The van der Waals surface area contributed by atoms with Crippen molar-refractivity contribution in [2.45, 2.75) is 73.8 Å². The van der Waals surface area contributed by atoms with Crippen LogP contribution >= 0.6 is 0 Å². The van der Waals surface area contributed by atoms with Crippen LogP contribution in [0.1, 0.15) is 67.1 Å². The van der Waals surface area contributed by atoms with E-state index in [2.05, 4.69) is 34.4 Å². The second-order valence-corrected chi connectivity index (χ2v) is 7.00. The molecule has 0 aliphatic heterocycles. The average Bonchev–Trinajstić information content (AvgIpc) is 2.78. The van der Waals surface area contributed by atoms with Crippen LogP contribution in [0.15, 0.2) is 24.3 Å². The molecule has 170 valence electrons. The molecule has 0 amide bonds. The number of anilines is 1. The van der Waals surface area contributed by atoms with Crippen molar-refractivity contribution in [1.29, 1.82) is 0 Å². The highest BCUT2D eigenvalue weighted by Gasteiger charge is 2.24. The first-order valence-corrected chi connectivity index (χ1v) is 11.3. The summed E-state index contributed by atoms with van der Waals surface area (Å²) in [7, 11) is 1.40. The third kappa shape index (κ3) is 9.53.